The van der Waals surface area contributed by atoms with Crippen LogP contribution in [-0.2, 0) is 0 Å². The number of nitrogens with zero attached hydrogens (tertiary/aromatic N) is 3. The van der Waals surface area contributed by atoms with Crippen molar-refractivity contribution in [3.63, 3.8) is 0 Å². The van der Waals surface area contributed by atoms with Crippen LogP contribution in [0.4, 0.5) is 4.48 Å². The summed E-state index contributed by atoms with van der Waals surface area (Å²) >= 11 is 23.6. The molecule has 1 aromatic heterocycles. The highest BCUT2D eigenvalue weighted by Gasteiger charge is 2.18. The normalized spacial score (nSPS) is 11.3. The Kier molecular flexibility index (Phi) is 4.68. The third kappa shape index (κ3) is 3.20. The van der Waals surface area contributed by atoms with Crippen LogP contribution >= 0.6 is 58.2 Å². The molecule has 0 saturated heterocycles. The summed E-state index contributed by atoms with van der Waals surface area (Å²) in [5, 5.41) is 3.93. The molecular formula is C9H4Cl4FN3OS. The molecule has 0 aliphatic rings. The Morgan fingerprint density at radius 2 is 1.95 bits per heavy atom. The Labute approximate surface area is 130 Å². The maximum Gasteiger partial charge on any atom is 0.380 e. The fourth-order valence-corrected chi connectivity index (χ4v) is 2.67. The van der Waals surface area contributed by atoms with Crippen LogP contribution in [0, 0.1) is 0 Å². The van der Waals surface area contributed by atoms with Crippen LogP contribution in [0.25, 0.3) is 5.69 Å². The maximum atomic E-state index is 13.2. The summed E-state index contributed by atoms with van der Waals surface area (Å²) in [6, 6.07) is 4.39. The van der Waals surface area contributed by atoms with Gasteiger partial charge in [0.25, 0.3) is 0 Å². The quantitative estimate of drug-likeness (QED) is 0.613. The van der Waals surface area contributed by atoms with Crippen molar-refractivity contribution < 1.29 is 4.48 Å². The first-order valence-corrected chi connectivity index (χ1v) is 7.19. The Bertz CT molecular complexity index is 672. The third-order valence-corrected chi connectivity index (χ3v) is 4.00. The van der Waals surface area contributed by atoms with Crippen LogP contribution in [-0.4, -0.2) is 18.7 Å². The molecular weight excluding hydrogens is 359 g/mol. The first-order valence-electron chi connectivity index (χ1n) is 4.68. The molecule has 2 rings (SSSR count). The van der Waals surface area contributed by atoms with E-state index in [9.17, 15) is 9.28 Å². The van der Waals surface area contributed by atoms with E-state index in [0.29, 0.717) is 10.7 Å². The fraction of sp³-hybridized carbons (Fsp3) is 0.111. The molecule has 10 heteroatoms. The molecule has 19 heavy (non-hydrogen) atoms. The van der Waals surface area contributed by atoms with Gasteiger partial charge in [-0.05, 0) is 34.9 Å². The third-order valence-electron chi connectivity index (χ3n) is 2.07. The Morgan fingerprint density at radius 3 is 2.53 bits per heavy atom. The molecule has 1 aromatic carbocycles. The first-order chi connectivity index (χ1) is 8.90. The molecule has 4 nitrogen and oxygen atoms in total. The zero-order chi connectivity index (χ0) is 14.2. The fourth-order valence-electron chi connectivity index (χ4n) is 1.33. The van der Waals surface area contributed by atoms with Crippen LogP contribution in [0.3, 0.4) is 0 Å². The number of hydrogen-bond acceptors (Lipinski definition) is 3. The lowest BCUT2D eigenvalue weighted by Gasteiger charge is -2.06. The minimum Gasteiger partial charge on any atom is -0.243 e. The smallest absolute Gasteiger partial charge is 0.243 e. The van der Waals surface area contributed by atoms with Gasteiger partial charge in [-0.25, -0.2) is 9.36 Å². The molecule has 0 saturated carbocycles. The molecule has 0 aliphatic carbocycles. The van der Waals surface area contributed by atoms with E-state index in [4.69, 9.17) is 46.4 Å². The second-order valence-corrected chi connectivity index (χ2v) is 6.74. The van der Waals surface area contributed by atoms with Crippen molar-refractivity contribution in [1.29, 1.82) is 0 Å². The summed E-state index contributed by atoms with van der Waals surface area (Å²) in [5.74, 6) is 0. The van der Waals surface area contributed by atoms with Crippen LogP contribution < -0.4 is 5.69 Å². The van der Waals surface area contributed by atoms with E-state index in [1.807, 2.05) is 0 Å². The minimum atomic E-state index is -0.991. The molecule has 0 spiro atoms. The summed E-state index contributed by atoms with van der Waals surface area (Å²) in [5.41, 5.74) is -0.686. The van der Waals surface area contributed by atoms with Gasteiger partial charge < -0.3 is 0 Å². The summed E-state index contributed by atoms with van der Waals surface area (Å²) in [4.78, 5) is 11.4. The van der Waals surface area contributed by atoms with E-state index in [1.54, 1.807) is 0 Å². The lowest BCUT2D eigenvalue weighted by atomic mass is 10.3. The Hall–Kier alpha value is -0.400. The number of hydrogen-bond donors (Lipinski definition) is 0. The van der Waals surface area contributed by atoms with Crippen molar-refractivity contribution >= 4 is 58.2 Å². The minimum absolute atomic E-state index is 0.000823. The molecule has 0 aliphatic heterocycles. The highest BCUT2D eigenvalue weighted by molar-refractivity contribution is 8.02. The summed E-state index contributed by atoms with van der Waals surface area (Å²) < 4.78 is 13.3. The number of thioether (sulfide) groups is 1. The second kappa shape index (κ2) is 5.93. The topological polar surface area (TPSA) is 39.8 Å². The number of rotatable bonds is 3. The highest BCUT2D eigenvalue weighted by atomic mass is 35.5. The van der Waals surface area contributed by atoms with Gasteiger partial charge in [-0.15, -0.1) is 5.10 Å². The number of aromatic nitrogens is 3. The van der Waals surface area contributed by atoms with E-state index in [2.05, 4.69) is 5.10 Å². The van der Waals surface area contributed by atoms with Gasteiger partial charge in [0.15, 0.2) is 4.17 Å². The Balaban J connectivity index is 2.60. The van der Waals surface area contributed by atoms with Crippen molar-refractivity contribution in [1.82, 2.24) is 14.6 Å². The summed E-state index contributed by atoms with van der Waals surface area (Å²) in [6.07, 6.45) is 0. The molecule has 0 radical (unpaired) electrons. The largest absolute Gasteiger partial charge is 0.380 e. The number of alkyl halides is 2. The van der Waals surface area contributed by atoms with Gasteiger partial charge in [0.05, 0.1) is 15.7 Å². The van der Waals surface area contributed by atoms with Crippen LogP contribution in [0.1, 0.15) is 0 Å². The van der Waals surface area contributed by atoms with E-state index in [1.165, 1.54) is 18.2 Å². The van der Waals surface area contributed by atoms with E-state index >= 15 is 0 Å². The lowest BCUT2D eigenvalue weighted by Crippen LogP contribution is -2.19. The van der Waals surface area contributed by atoms with Crippen LogP contribution in [0.15, 0.2) is 28.2 Å². The Morgan fingerprint density at radius 1 is 1.26 bits per heavy atom. The van der Waals surface area contributed by atoms with Gasteiger partial charge in [-0.1, -0.05) is 50.9 Å². The predicted octanol–water partition coefficient (Wildman–Crippen LogP) is 3.93. The van der Waals surface area contributed by atoms with Gasteiger partial charge >= 0.3 is 5.69 Å². The van der Waals surface area contributed by atoms with Crippen LogP contribution in [0.2, 0.25) is 10.0 Å². The van der Waals surface area contributed by atoms with Gasteiger partial charge in [-0.2, -0.15) is 0 Å². The van der Waals surface area contributed by atoms with E-state index in [-0.39, 0.29) is 15.1 Å². The highest BCUT2D eigenvalue weighted by Crippen LogP contribution is 2.30. The second-order valence-electron chi connectivity index (χ2n) is 3.24. The van der Waals surface area contributed by atoms with Gasteiger partial charge in [-0.3, -0.25) is 0 Å². The monoisotopic (exact) mass is 361 g/mol. The van der Waals surface area contributed by atoms with E-state index in [0.717, 1.165) is 16.3 Å². The SMILES string of the molecule is O=c1n(F)nc(SC(Cl)Cl)n1-c1ccc(Cl)c(Cl)c1. The average molecular weight is 363 g/mol. The predicted molar refractivity (Wildman–Crippen MR) is 75.7 cm³/mol. The standard InChI is InChI=1S/C9H4Cl4FN3OS/c10-5-2-1-4(3-6(5)11)16-8(19-7(12)13)15-17(14)9(16)18/h1-3,7H. The molecule has 0 N–H and O–H groups in total. The average Bonchev–Trinajstić information content (AvgIpc) is 2.58. The zero-order valence-electron chi connectivity index (χ0n) is 8.86. The van der Waals surface area contributed by atoms with Gasteiger partial charge in [0.2, 0.25) is 5.16 Å². The molecule has 0 amide bonds. The molecule has 0 fully saturated rings. The molecule has 1 heterocycles. The van der Waals surface area contributed by atoms with Crippen molar-refractivity contribution in [3.05, 3.63) is 38.7 Å². The van der Waals surface area contributed by atoms with Crippen molar-refractivity contribution in [2.24, 2.45) is 0 Å². The molecule has 102 valence electrons. The maximum absolute atomic E-state index is 13.2. The summed E-state index contributed by atoms with van der Waals surface area (Å²) in [7, 11) is 0. The summed E-state index contributed by atoms with van der Waals surface area (Å²) in [6.45, 7) is 0. The molecule has 0 unspecified atom stereocenters. The van der Waals surface area contributed by atoms with Gasteiger partial charge in [0.1, 0.15) is 0 Å². The molecule has 2 aromatic rings. The zero-order valence-corrected chi connectivity index (χ0v) is 12.7. The van der Waals surface area contributed by atoms with Crippen molar-refractivity contribution in [2.75, 3.05) is 0 Å². The molecule has 0 bridgehead atoms. The lowest BCUT2D eigenvalue weighted by molar-refractivity contribution is 0.296. The van der Waals surface area contributed by atoms with Crippen LogP contribution in [0.5, 0.6) is 0 Å². The first kappa shape index (κ1) is 15.0. The number of benzene rings is 1. The van der Waals surface area contributed by atoms with Crippen molar-refractivity contribution in [2.45, 2.75) is 9.32 Å². The van der Waals surface area contributed by atoms with E-state index < -0.39 is 9.86 Å². The molecule has 0 atom stereocenters. The van der Waals surface area contributed by atoms with Gasteiger partial charge in [0, 0.05) is 0 Å². The number of halogens is 5. The van der Waals surface area contributed by atoms with Crippen molar-refractivity contribution in [3.8, 4) is 5.69 Å².